The van der Waals surface area contributed by atoms with Crippen LogP contribution in [0, 0.1) is 0 Å². The molecule has 2 aromatic rings. The van der Waals surface area contributed by atoms with E-state index in [1.165, 1.54) is 11.8 Å². The molecule has 1 atom stereocenters. The predicted molar refractivity (Wildman–Crippen MR) is 136 cm³/mol. The third kappa shape index (κ3) is 7.29. The van der Waals surface area contributed by atoms with Crippen LogP contribution in [-0.4, -0.2) is 41.7 Å². The van der Waals surface area contributed by atoms with Gasteiger partial charge in [-0.2, -0.15) is 0 Å². The maximum Gasteiger partial charge on any atom is 0.242 e. The van der Waals surface area contributed by atoms with E-state index in [1.807, 2.05) is 24.3 Å². The predicted octanol–water partition coefficient (Wildman–Crippen LogP) is 5.71. The number of carbonyl (C=O) groups excluding carboxylic acids is 2. The number of nitrogens with one attached hydrogen (secondary N) is 1. The van der Waals surface area contributed by atoms with E-state index in [0.29, 0.717) is 22.3 Å². The molecule has 1 saturated carbocycles. The molecule has 8 heteroatoms. The van der Waals surface area contributed by atoms with Crippen LogP contribution in [0.4, 0.5) is 0 Å². The lowest BCUT2D eigenvalue weighted by molar-refractivity contribution is -0.138. The Labute approximate surface area is 210 Å². The minimum atomic E-state index is -0.579. The summed E-state index contributed by atoms with van der Waals surface area (Å²) >= 11 is 14.0. The normalized spacial score (nSPS) is 14.7. The van der Waals surface area contributed by atoms with Crippen molar-refractivity contribution in [2.75, 3.05) is 12.9 Å². The molecule has 5 nitrogen and oxygen atoms in total. The zero-order chi connectivity index (χ0) is 23.8. The van der Waals surface area contributed by atoms with E-state index >= 15 is 0 Å². The average Bonchev–Trinajstić information content (AvgIpc) is 3.32. The third-order valence-electron chi connectivity index (χ3n) is 5.91. The Bertz CT molecular complexity index is 929. The van der Waals surface area contributed by atoms with Gasteiger partial charge in [-0.15, -0.1) is 11.8 Å². The SMILES string of the molecule is COc1ccc(CN(C(=O)CSCc2c(Cl)cccc2Cl)C(C)C(=O)NC2CCCC2)cc1. The molecule has 2 aromatic carbocycles. The average molecular weight is 509 g/mol. The highest BCUT2D eigenvalue weighted by atomic mass is 35.5. The molecule has 0 saturated heterocycles. The van der Waals surface area contributed by atoms with E-state index in [-0.39, 0.29) is 23.6 Å². The molecule has 0 spiro atoms. The first kappa shape index (κ1) is 25.7. The summed E-state index contributed by atoms with van der Waals surface area (Å²) < 4.78 is 5.23. The summed E-state index contributed by atoms with van der Waals surface area (Å²) in [6, 6.07) is 12.5. The van der Waals surface area contributed by atoms with E-state index < -0.39 is 6.04 Å². The molecule has 0 radical (unpaired) electrons. The van der Waals surface area contributed by atoms with Crippen LogP contribution in [-0.2, 0) is 21.9 Å². The molecule has 0 bridgehead atoms. The van der Waals surface area contributed by atoms with Gasteiger partial charge < -0.3 is 15.0 Å². The first-order chi connectivity index (χ1) is 15.9. The second kappa shape index (κ2) is 12.5. The monoisotopic (exact) mass is 508 g/mol. The van der Waals surface area contributed by atoms with Crippen molar-refractivity contribution < 1.29 is 14.3 Å². The molecule has 178 valence electrons. The standard InChI is InChI=1S/C25H30Cl2N2O3S/c1-17(25(31)28-19-6-3-4-7-19)29(14-18-10-12-20(32-2)13-11-18)24(30)16-33-15-21-22(26)8-5-9-23(21)27/h5,8-13,17,19H,3-4,6-7,14-16H2,1-2H3,(H,28,31). The Balaban J connectivity index is 1.68. The highest BCUT2D eigenvalue weighted by Gasteiger charge is 2.28. The summed E-state index contributed by atoms with van der Waals surface area (Å²) in [4.78, 5) is 27.8. The number of hydrogen-bond acceptors (Lipinski definition) is 4. The number of benzene rings is 2. The Kier molecular flexibility index (Phi) is 9.78. The lowest BCUT2D eigenvalue weighted by Crippen LogP contribution is -2.50. The minimum Gasteiger partial charge on any atom is -0.497 e. The molecular weight excluding hydrogens is 479 g/mol. The van der Waals surface area contributed by atoms with Gasteiger partial charge in [0.15, 0.2) is 0 Å². The first-order valence-corrected chi connectivity index (χ1v) is 13.0. The van der Waals surface area contributed by atoms with Crippen molar-refractivity contribution in [1.82, 2.24) is 10.2 Å². The summed E-state index contributed by atoms with van der Waals surface area (Å²) in [5.74, 6) is 1.27. The van der Waals surface area contributed by atoms with Crippen LogP contribution in [0.1, 0.15) is 43.7 Å². The van der Waals surface area contributed by atoms with E-state index in [4.69, 9.17) is 27.9 Å². The fourth-order valence-electron chi connectivity index (χ4n) is 3.90. The largest absolute Gasteiger partial charge is 0.497 e. The molecule has 1 aliphatic rings. The molecule has 0 aliphatic heterocycles. The zero-order valence-corrected chi connectivity index (χ0v) is 21.3. The van der Waals surface area contributed by atoms with Gasteiger partial charge in [0.1, 0.15) is 11.8 Å². The van der Waals surface area contributed by atoms with Gasteiger partial charge in [0.2, 0.25) is 11.8 Å². The second-order valence-corrected chi connectivity index (χ2v) is 10.0. The molecule has 2 amide bonds. The van der Waals surface area contributed by atoms with Crippen molar-refractivity contribution in [3.63, 3.8) is 0 Å². The van der Waals surface area contributed by atoms with Crippen LogP contribution in [0.15, 0.2) is 42.5 Å². The molecule has 33 heavy (non-hydrogen) atoms. The number of ether oxygens (including phenoxy) is 1. The van der Waals surface area contributed by atoms with Gasteiger partial charge >= 0.3 is 0 Å². The summed E-state index contributed by atoms with van der Waals surface area (Å²) in [6.45, 7) is 2.14. The number of thioether (sulfide) groups is 1. The summed E-state index contributed by atoms with van der Waals surface area (Å²) in [7, 11) is 1.61. The topological polar surface area (TPSA) is 58.6 Å². The molecule has 1 aliphatic carbocycles. The molecule has 1 unspecified atom stereocenters. The van der Waals surface area contributed by atoms with Crippen molar-refractivity contribution in [3.05, 3.63) is 63.6 Å². The van der Waals surface area contributed by atoms with Crippen molar-refractivity contribution in [2.45, 2.75) is 57.0 Å². The number of methoxy groups -OCH3 is 1. The highest BCUT2D eigenvalue weighted by molar-refractivity contribution is 7.99. The van der Waals surface area contributed by atoms with Crippen LogP contribution < -0.4 is 10.1 Å². The van der Waals surface area contributed by atoms with E-state index in [9.17, 15) is 9.59 Å². The van der Waals surface area contributed by atoms with Gasteiger partial charge in [-0.05, 0) is 55.2 Å². The Morgan fingerprint density at radius 1 is 1.12 bits per heavy atom. The molecule has 0 aromatic heterocycles. The van der Waals surface area contributed by atoms with Crippen LogP contribution >= 0.6 is 35.0 Å². The van der Waals surface area contributed by atoms with Crippen molar-refractivity contribution >= 4 is 46.8 Å². The summed E-state index contributed by atoms with van der Waals surface area (Å²) in [5, 5.41) is 4.29. The molecule has 1 N–H and O–H groups in total. The van der Waals surface area contributed by atoms with Crippen molar-refractivity contribution in [2.24, 2.45) is 0 Å². The molecule has 1 fully saturated rings. The van der Waals surface area contributed by atoms with Crippen LogP contribution in [0.25, 0.3) is 0 Å². The van der Waals surface area contributed by atoms with Gasteiger partial charge in [-0.3, -0.25) is 9.59 Å². The number of carbonyl (C=O) groups is 2. The fraction of sp³-hybridized carbons (Fsp3) is 0.440. The van der Waals surface area contributed by atoms with Gasteiger partial charge in [-0.1, -0.05) is 54.2 Å². The Morgan fingerprint density at radius 2 is 1.76 bits per heavy atom. The minimum absolute atomic E-state index is 0.104. The fourth-order valence-corrected chi connectivity index (χ4v) is 5.54. The Hall–Kier alpha value is -1.89. The molecule has 3 rings (SSSR count). The molecule has 0 heterocycles. The Morgan fingerprint density at radius 3 is 2.36 bits per heavy atom. The maximum absolute atomic E-state index is 13.2. The van der Waals surface area contributed by atoms with Crippen LogP contribution in [0.2, 0.25) is 10.0 Å². The first-order valence-electron chi connectivity index (χ1n) is 11.1. The summed E-state index contributed by atoms with van der Waals surface area (Å²) in [6.07, 6.45) is 4.27. The second-order valence-electron chi connectivity index (χ2n) is 8.23. The number of halogens is 2. The van der Waals surface area contributed by atoms with Gasteiger partial charge in [-0.25, -0.2) is 0 Å². The highest BCUT2D eigenvalue weighted by Crippen LogP contribution is 2.28. The number of amides is 2. The van der Waals surface area contributed by atoms with E-state index in [0.717, 1.165) is 42.6 Å². The number of hydrogen-bond donors (Lipinski definition) is 1. The number of rotatable bonds is 10. The number of nitrogens with zero attached hydrogens (tertiary/aromatic N) is 1. The third-order valence-corrected chi connectivity index (χ3v) is 7.57. The lowest BCUT2D eigenvalue weighted by Gasteiger charge is -2.29. The lowest BCUT2D eigenvalue weighted by atomic mass is 10.1. The van der Waals surface area contributed by atoms with Crippen molar-refractivity contribution in [3.8, 4) is 5.75 Å². The van der Waals surface area contributed by atoms with Crippen molar-refractivity contribution in [1.29, 1.82) is 0 Å². The summed E-state index contributed by atoms with van der Waals surface area (Å²) in [5.41, 5.74) is 1.75. The van der Waals surface area contributed by atoms with E-state index in [2.05, 4.69) is 5.32 Å². The van der Waals surface area contributed by atoms with Crippen LogP contribution in [0.3, 0.4) is 0 Å². The van der Waals surface area contributed by atoms with Gasteiger partial charge in [0.25, 0.3) is 0 Å². The van der Waals surface area contributed by atoms with Gasteiger partial charge in [0.05, 0.1) is 12.9 Å². The molecular formula is C25H30Cl2N2O3S. The van der Waals surface area contributed by atoms with E-state index in [1.54, 1.807) is 37.1 Å². The smallest absolute Gasteiger partial charge is 0.242 e. The zero-order valence-electron chi connectivity index (χ0n) is 19.0. The van der Waals surface area contributed by atoms with Gasteiger partial charge in [0, 0.05) is 28.4 Å². The maximum atomic E-state index is 13.2. The quantitative estimate of drug-likeness (QED) is 0.446. The van der Waals surface area contributed by atoms with Crippen LogP contribution in [0.5, 0.6) is 5.75 Å².